The van der Waals surface area contributed by atoms with Crippen molar-refractivity contribution in [3.05, 3.63) is 21.9 Å². The maximum Gasteiger partial charge on any atom is 0.264 e. The second-order valence-electron chi connectivity index (χ2n) is 6.18. The molecule has 0 aliphatic carbocycles. The minimum atomic E-state index is 0.104. The van der Waals surface area contributed by atoms with Gasteiger partial charge in [0.05, 0.1) is 11.5 Å². The normalized spacial score (nSPS) is 24.5. The monoisotopic (exact) mass is 322 g/mol. The van der Waals surface area contributed by atoms with E-state index in [-0.39, 0.29) is 17.9 Å². The highest BCUT2D eigenvalue weighted by Crippen LogP contribution is 2.30. The summed E-state index contributed by atoms with van der Waals surface area (Å²) in [5.74, 6) is 0.627. The molecule has 6 heteroatoms. The van der Waals surface area contributed by atoms with Gasteiger partial charge in [-0.3, -0.25) is 9.59 Å². The van der Waals surface area contributed by atoms with E-state index in [0.29, 0.717) is 19.1 Å². The quantitative estimate of drug-likeness (QED) is 0.855. The summed E-state index contributed by atoms with van der Waals surface area (Å²) in [7, 11) is 1.66. The summed E-state index contributed by atoms with van der Waals surface area (Å²) in [5.41, 5.74) is 0. The Bertz CT molecular complexity index is 571. The van der Waals surface area contributed by atoms with Crippen molar-refractivity contribution in [2.24, 2.45) is 5.92 Å². The molecule has 3 fully saturated rings. The number of hydrogen-bond acceptors (Lipinski definition) is 4. The molecule has 3 saturated heterocycles. The van der Waals surface area contributed by atoms with Gasteiger partial charge in [0.25, 0.3) is 5.91 Å². The number of thiophene rings is 1. The molecule has 4 rings (SSSR count). The Labute approximate surface area is 134 Å². The molecule has 0 N–H and O–H groups in total. The van der Waals surface area contributed by atoms with Crippen molar-refractivity contribution in [3.63, 3.8) is 0 Å². The maximum atomic E-state index is 12.8. The van der Waals surface area contributed by atoms with Gasteiger partial charge in [0.1, 0.15) is 0 Å². The third-order valence-corrected chi connectivity index (χ3v) is 5.63. The highest BCUT2D eigenvalue weighted by molar-refractivity contribution is 7.14. The number of piperidine rings is 1. The third kappa shape index (κ3) is 3.03. The van der Waals surface area contributed by atoms with Gasteiger partial charge in [-0.05, 0) is 30.9 Å². The lowest BCUT2D eigenvalue weighted by Gasteiger charge is -2.35. The minimum Gasteiger partial charge on any atom is -0.379 e. The molecule has 3 aliphatic rings. The van der Waals surface area contributed by atoms with Crippen LogP contribution >= 0.6 is 11.3 Å². The molecule has 2 bridgehead atoms. The van der Waals surface area contributed by atoms with Crippen LogP contribution in [0, 0.1) is 5.92 Å². The smallest absolute Gasteiger partial charge is 0.264 e. The van der Waals surface area contributed by atoms with Crippen molar-refractivity contribution in [1.82, 2.24) is 9.80 Å². The number of fused-ring (bicyclic) bond motifs is 4. The van der Waals surface area contributed by atoms with Crippen LogP contribution in [0.25, 0.3) is 0 Å². The minimum absolute atomic E-state index is 0.104. The largest absolute Gasteiger partial charge is 0.379 e. The van der Waals surface area contributed by atoms with Crippen molar-refractivity contribution >= 4 is 23.2 Å². The first-order chi connectivity index (χ1) is 10.6. The van der Waals surface area contributed by atoms with Gasteiger partial charge in [-0.2, -0.15) is 0 Å². The molecular formula is C16H22N2O3S. The van der Waals surface area contributed by atoms with E-state index in [2.05, 4.69) is 0 Å². The molecule has 1 aromatic rings. The first-order valence-electron chi connectivity index (χ1n) is 7.72. The number of nitrogens with zero attached hydrogens (tertiary/aromatic N) is 2. The van der Waals surface area contributed by atoms with Gasteiger partial charge in [0, 0.05) is 44.6 Å². The average molecular weight is 322 g/mol. The van der Waals surface area contributed by atoms with Gasteiger partial charge in [-0.25, -0.2) is 0 Å². The van der Waals surface area contributed by atoms with Gasteiger partial charge in [-0.1, -0.05) is 0 Å². The molecule has 2 amide bonds. The predicted molar refractivity (Wildman–Crippen MR) is 84.8 cm³/mol. The van der Waals surface area contributed by atoms with E-state index in [1.54, 1.807) is 14.0 Å². The fourth-order valence-electron chi connectivity index (χ4n) is 3.44. The summed E-state index contributed by atoms with van der Waals surface area (Å²) in [4.78, 5) is 30.3. The summed E-state index contributed by atoms with van der Waals surface area (Å²) in [6.45, 7) is 4.39. The lowest BCUT2D eigenvalue weighted by atomic mass is 9.95. The first kappa shape index (κ1) is 15.5. The van der Waals surface area contributed by atoms with E-state index in [9.17, 15) is 9.59 Å². The summed E-state index contributed by atoms with van der Waals surface area (Å²) in [6.07, 6.45) is 2.11. The van der Waals surface area contributed by atoms with Crippen LogP contribution in [0.2, 0.25) is 0 Å². The summed E-state index contributed by atoms with van der Waals surface area (Å²) in [5, 5.41) is 0. The van der Waals surface area contributed by atoms with E-state index < -0.39 is 0 Å². The summed E-state index contributed by atoms with van der Waals surface area (Å²) < 4.78 is 5.12. The van der Waals surface area contributed by atoms with E-state index in [1.807, 2.05) is 21.9 Å². The second-order valence-corrected chi connectivity index (χ2v) is 7.35. The fourth-order valence-corrected chi connectivity index (χ4v) is 4.38. The number of hydrogen-bond donors (Lipinski definition) is 0. The Morgan fingerprint density at radius 2 is 2.09 bits per heavy atom. The zero-order valence-electron chi connectivity index (χ0n) is 13.1. The van der Waals surface area contributed by atoms with Crippen LogP contribution in [-0.4, -0.2) is 54.4 Å². The van der Waals surface area contributed by atoms with E-state index in [0.717, 1.165) is 35.7 Å². The van der Waals surface area contributed by atoms with Crippen LogP contribution in [0.4, 0.5) is 0 Å². The summed E-state index contributed by atoms with van der Waals surface area (Å²) in [6, 6.07) is 4.00. The first-order valence-corrected chi connectivity index (χ1v) is 8.54. The molecule has 1 aromatic heterocycles. The molecule has 4 heterocycles. The predicted octanol–water partition coefficient (Wildman–Crippen LogP) is 1.98. The molecule has 2 atom stereocenters. The topological polar surface area (TPSA) is 49.9 Å². The van der Waals surface area contributed by atoms with Gasteiger partial charge in [-0.15, -0.1) is 11.3 Å². The molecule has 0 saturated carbocycles. The zero-order chi connectivity index (χ0) is 15.7. The van der Waals surface area contributed by atoms with Crippen LogP contribution in [0.3, 0.4) is 0 Å². The Hall–Kier alpha value is -1.40. The second kappa shape index (κ2) is 6.38. The number of ether oxygens (including phenoxy) is 1. The Kier molecular flexibility index (Phi) is 4.49. The molecule has 0 aromatic carbocycles. The number of carbonyl (C=O) groups is 2. The lowest BCUT2D eigenvalue weighted by Crippen LogP contribution is -2.47. The molecule has 0 spiro atoms. The van der Waals surface area contributed by atoms with Crippen LogP contribution in [0.15, 0.2) is 12.1 Å². The molecule has 3 aliphatic heterocycles. The Morgan fingerprint density at radius 1 is 1.27 bits per heavy atom. The third-order valence-electron chi connectivity index (χ3n) is 4.58. The van der Waals surface area contributed by atoms with Crippen molar-refractivity contribution in [2.75, 3.05) is 26.7 Å². The van der Waals surface area contributed by atoms with E-state index in [4.69, 9.17) is 4.74 Å². The van der Waals surface area contributed by atoms with Gasteiger partial charge in [0.15, 0.2) is 0 Å². The van der Waals surface area contributed by atoms with Gasteiger partial charge in [0.2, 0.25) is 5.91 Å². The number of amides is 2. The van der Waals surface area contributed by atoms with Crippen LogP contribution in [-0.2, 0) is 16.1 Å². The van der Waals surface area contributed by atoms with E-state index in [1.165, 1.54) is 11.3 Å². The molecular weight excluding hydrogens is 300 g/mol. The van der Waals surface area contributed by atoms with Crippen LogP contribution in [0.1, 0.15) is 34.3 Å². The van der Waals surface area contributed by atoms with Crippen LogP contribution < -0.4 is 0 Å². The van der Waals surface area contributed by atoms with Crippen molar-refractivity contribution in [3.8, 4) is 0 Å². The summed E-state index contributed by atoms with van der Waals surface area (Å²) >= 11 is 1.50. The zero-order valence-corrected chi connectivity index (χ0v) is 13.9. The lowest BCUT2D eigenvalue weighted by molar-refractivity contribution is -0.129. The van der Waals surface area contributed by atoms with Crippen molar-refractivity contribution < 1.29 is 14.3 Å². The highest BCUT2D eigenvalue weighted by atomic mass is 32.1. The average Bonchev–Trinajstić information content (AvgIpc) is 2.76. The van der Waals surface area contributed by atoms with Crippen molar-refractivity contribution in [2.45, 2.75) is 32.4 Å². The van der Waals surface area contributed by atoms with Crippen molar-refractivity contribution in [1.29, 1.82) is 0 Å². The number of carbonyl (C=O) groups excluding carboxylic acids is 2. The maximum absolute atomic E-state index is 12.8. The molecule has 22 heavy (non-hydrogen) atoms. The van der Waals surface area contributed by atoms with E-state index >= 15 is 0 Å². The Balaban J connectivity index is 1.76. The Morgan fingerprint density at radius 3 is 2.82 bits per heavy atom. The van der Waals surface area contributed by atoms with Gasteiger partial charge < -0.3 is 14.5 Å². The van der Waals surface area contributed by atoms with Gasteiger partial charge >= 0.3 is 0 Å². The highest BCUT2D eigenvalue weighted by Gasteiger charge is 2.38. The molecule has 0 unspecified atom stereocenters. The SMILES string of the molecule is COCc1ccc(C(=O)N2C[C@@H]3CC[C@H]2CN(C(C)=O)C3)s1. The molecule has 5 nitrogen and oxygen atoms in total. The van der Waals surface area contributed by atoms with Crippen LogP contribution in [0.5, 0.6) is 0 Å². The molecule has 0 radical (unpaired) electrons. The fraction of sp³-hybridized carbons (Fsp3) is 0.625. The number of rotatable bonds is 3. The number of methoxy groups -OCH3 is 1. The molecule has 120 valence electrons. The standard InChI is InChI=1S/C16H22N2O3S/c1-11(19)17-7-12-3-4-13(9-17)18(8-12)16(20)15-6-5-14(22-15)10-21-2/h5-6,12-13H,3-4,7-10H2,1-2H3/t12-,13+/m1/s1.